The van der Waals surface area contributed by atoms with E-state index in [-0.39, 0.29) is 0 Å². The number of nitrogens with zero attached hydrogens (tertiary/aromatic N) is 3. The van der Waals surface area contributed by atoms with Gasteiger partial charge in [-0.05, 0) is 0 Å². The van der Waals surface area contributed by atoms with Crippen LogP contribution in [-0.2, 0) is 47.7 Å². The molecule has 5 unspecified atom stereocenters. The lowest BCUT2D eigenvalue weighted by Crippen LogP contribution is -2.54. The van der Waals surface area contributed by atoms with Crippen LogP contribution in [0.3, 0.4) is 0 Å². The van der Waals surface area contributed by atoms with Crippen molar-refractivity contribution in [1.29, 1.82) is 0 Å². The first-order valence-electron chi connectivity index (χ1n) is 8.23. The van der Waals surface area contributed by atoms with Crippen molar-refractivity contribution < 1.29 is 47.7 Å². The van der Waals surface area contributed by atoms with Gasteiger partial charge in [-0.25, -0.2) is 0 Å². The van der Waals surface area contributed by atoms with Gasteiger partial charge < -0.3 is 24.7 Å². The highest BCUT2D eigenvalue weighted by Gasteiger charge is 2.55. The van der Waals surface area contributed by atoms with Gasteiger partial charge in [0.25, 0.3) is 11.7 Å². The van der Waals surface area contributed by atoms with Crippen LogP contribution in [0.25, 0.3) is 0 Å². The van der Waals surface area contributed by atoms with Crippen LogP contribution in [0.4, 0.5) is 0 Å². The molecule has 2 N–H and O–H groups in total. The Balaban J connectivity index is 2.38. The third-order valence-corrected chi connectivity index (χ3v) is 3.78. The molecule has 0 aromatic heterocycles. The standard InChI is InChI=1S/C15H18N4O10/c1-5(20)26-4-8-11(27-6(2)21)12(28-7(3)22)15(29-8)19-14(25)10(23)9(13(16)24)17-18-19/h8-9,11-12,15H,4H2,1-3H3,(H2,16,24). The third kappa shape index (κ3) is 4.90. The summed E-state index contributed by atoms with van der Waals surface area (Å²) in [5, 5.41) is 7.29. The number of nitrogens with two attached hydrogens (primary N) is 1. The van der Waals surface area contributed by atoms with Crippen LogP contribution in [0.1, 0.15) is 20.8 Å². The minimum Gasteiger partial charge on any atom is -0.463 e. The van der Waals surface area contributed by atoms with Gasteiger partial charge in [-0.15, -0.1) is 5.11 Å². The summed E-state index contributed by atoms with van der Waals surface area (Å²) >= 11 is 0. The second-order valence-corrected chi connectivity index (χ2v) is 6.04. The zero-order chi connectivity index (χ0) is 21.9. The number of rotatable bonds is 6. The smallest absolute Gasteiger partial charge is 0.316 e. The summed E-state index contributed by atoms with van der Waals surface area (Å²) < 4.78 is 20.6. The van der Waals surface area contributed by atoms with Gasteiger partial charge in [-0.3, -0.25) is 28.8 Å². The van der Waals surface area contributed by atoms with Gasteiger partial charge in [-0.2, -0.15) is 5.01 Å². The molecule has 158 valence electrons. The molecule has 2 amide bonds. The molecule has 5 atom stereocenters. The van der Waals surface area contributed by atoms with Gasteiger partial charge >= 0.3 is 23.8 Å². The van der Waals surface area contributed by atoms with Crippen LogP contribution in [0, 0.1) is 0 Å². The van der Waals surface area contributed by atoms with Gasteiger partial charge in [0.05, 0.1) is 0 Å². The highest BCUT2D eigenvalue weighted by atomic mass is 16.7. The highest BCUT2D eigenvalue weighted by molar-refractivity contribution is 6.42. The predicted molar refractivity (Wildman–Crippen MR) is 86.1 cm³/mol. The SMILES string of the molecule is CC(=O)OCC1OC(N2N=NC(C(N)=O)C(=O)C2=O)C(OC(C)=O)C1OC(C)=O. The van der Waals surface area contributed by atoms with Crippen LogP contribution in [0.5, 0.6) is 0 Å². The summed E-state index contributed by atoms with van der Waals surface area (Å²) in [6.07, 6.45) is -5.45. The van der Waals surface area contributed by atoms with Crippen molar-refractivity contribution in [1.82, 2.24) is 5.01 Å². The number of esters is 3. The van der Waals surface area contributed by atoms with E-state index in [9.17, 15) is 28.8 Å². The second kappa shape index (κ2) is 8.72. The molecule has 29 heavy (non-hydrogen) atoms. The molecule has 0 aromatic rings. The molecule has 2 aliphatic heterocycles. The van der Waals surface area contributed by atoms with Crippen molar-refractivity contribution in [3.8, 4) is 0 Å². The Hall–Kier alpha value is -3.42. The van der Waals surface area contributed by atoms with E-state index >= 15 is 0 Å². The molecule has 1 saturated heterocycles. The molecule has 14 nitrogen and oxygen atoms in total. The van der Waals surface area contributed by atoms with Crippen LogP contribution < -0.4 is 5.73 Å². The molecule has 0 radical (unpaired) electrons. The van der Waals surface area contributed by atoms with Crippen molar-refractivity contribution in [3.05, 3.63) is 0 Å². The van der Waals surface area contributed by atoms with Crippen LogP contribution in [-0.4, -0.2) is 77.7 Å². The lowest BCUT2D eigenvalue weighted by molar-refractivity contribution is -0.175. The zero-order valence-electron chi connectivity index (χ0n) is 15.6. The fourth-order valence-electron chi connectivity index (χ4n) is 2.67. The number of amides is 2. The van der Waals surface area contributed by atoms with E-state index in [1.54, 1.807) is 0 Å². The average molecular weight is 414 g/mol. The number of ether oxygens (including phenoxy) is 4. The van der Waals surface area contributed by atoms with E-state index in [0.717, 1.165) is 20.8 Å². The van der Waals surface area contributed by atoms with Crippen molar-refractivity contribution >= 4 is 35.5 Å². The monoisotopic (exact) mass is 414 g/mol. The van der Waals surface area contributed by atoms with Gasteiger partial charge in [0.1, 0.15) is 12.7 Å². The normalized spacial score (nSPS) is 28.8. The predicted octanol–water partition coefficient (Wildman–Crippen LogP) is -2.23. The molecule has 2 aliphatic rings. The zero-order valence-corrected chi connectivity index (χ0v) is 15.6. The molecule has 0 aliphatic carbocycles. The summed E-state index contributed by atoms with van der Waals surface area (Å²) in [4.78, 5) is 69.7. The van der Waals surface area contributed by atoms with Crippen LogP contribution in [0.2, 0.25) is 0 Å². The molecule has 0 spiro atoms. The first-order valence-corrected chi connectivity index (χ1v) is 8.23. The fraction of sp³-hybridized carbons (Fsp3) is 0.600. The molecule has 2 rings (SSSR count). The van der Waals surface area contributed by atoms with Gasteiger partial charge in [0.2, 0.25) is 6.04 Å². The maximum Gasteiger partial charge on any atom is 0.316 e. The third-order valence-electron chi connectivity index (χ3n) is 3.78. The van der Waals surface area contributed by atoms with Crippen molar-refractivity contribution in [2.24, 2.45) is 16.1 Å². The molecule has 1 fully saturated rings. The number of ketones is 1. The topological polar surface area (TPSA) is 193 Å². The lowest BCUT2D eigenvalue weighted by atomic mass is 10.1. The van der Waals surface area contributed by atoms with E-state index < -0.39 is 72.7 Å². The quantitative estimate of drug-likeness (QED) is 0.215. The number of hydrogen-bond acceptors (Lipinski definition) is 12. The van der Waals surface area contributed by atoms with Crippen LogP contribution in [0.15, 0.2) is 10.3 Å². The molecule has 0 bridgehead atoms. The summed E-state index contributed by atoms with van der Waals surface area (Å²) in [5.41, 5.74) is 4.99. The summed E-state index contributed by atoms with van der Waals surface area (Å²) in [5.74, 6) is -6.03. The van der Waals surface area contributed by atoms with E-state index in [0.29, 0.717) is 5.01 Å². The van der Waals surface area contributed by atoms with Gasteiger partial charge in [0, 0.05) is 20.8 Å². The molecule has 14 heteroatoms. The number of carbonyl (C=O) groups is 6. The Morgan fingerprint density at radius 2 is 1.62 bits per heavy atom. The Morgan fingerprint density at radius 3 is 2.14 bits per heavy atom. The summed E-state index contributed by atoms with van der Waals surface area (Å²) in [6, 6.07) is -1.80. The number of primary amides is 1. The minimum absolute atomic E-state index is 0.418. The van der Waals surface area contributed by atoms with Crippen LogP contribution >= 0.6 is 0 Å². The summed E-state index contributed by atoms with van der Waals surface area (Å²) in [7, 11) is 0. The molecule has 2 heterocycles. The van der Waals surface area contributed by atoms with E-state index in [1.165, 1.54) is 0 Å². The maximum atomic E-state index is 12.4. The molecular weight excluding hydrogens is 396 g/mol. The number of carbonyl (C=O) groups excluding carboxylic acids is 6. The molecule has 0 aromatic carbocycles. The Bertz CT molecular complexity index is 781. The van der Waals surface area contributed by atoms with Gasteiger partial charge in [0.15, 0.2) is 18.4 Å². The molecule has 0 saturated carbocycles. The van der Waals surface area contributed by atoms with E-state index in [2.05, 4.69) is 10.3 Å². The Kier molecular flexibility index (Phi) is 6.58. The van der Waals surface area contributed by atoms with Gasteiger partial charge in [-0.1, -0.05) is 5.22 Å². The second-order valence-electron chi connectivity index (χ2n) is 6.04. The van der Waals surface area contributed by atoms with Crippen molar-refractivity contribution in [2.45, 2.75) is 51.4 Å². The van der Waals surface area contributed by atoms with E-state index in [4.69, 9.17) is 24.7 Å². The first-order chi connectivity index (χ1) is 13.5. The minimum atomic E-state index is -1.80. The average Bonchev–Trinajstić information content (AvgIpc) is 2.91. The highest BCUT2D eigenvalue weighted by Crippen LogP contribution is 2.31. The largest absolute Gasteiger partial charge is 0.463 e. The van der Waals surface area contributed by atoms with Crippen molar-refractivity contribution in [2.75, 3.05) is 6.61 Å². The number of hydrogen-bond donors (Lipinski definition) is 1. The number of Topliss-reactive ketones (excluding diaryl/α,β-unsaturated/α-hetero) is 1. The maximum absolute atomic E-state index is 12.4. The fourth-order valence-corrected chi connectivity index (χ4v) is 2.67. The lowest BCUT2D eigenvalue weighted by Gasteiger charge is -2.29. The summed E-state index contributed by atoms with van der Waals surface area (Å²) in [6.45, 7) is 2.84. The molecular formula is C15H18N4O10. The van der Waals surface area contributed by atoms with Crippen molar-refractivity contribution in [3.63, 3.8) is 0 Å². The Labute approximate surface area is 163 Å². The first kappa shape index (κ1) is 21.9. The van der Waals surface area contributed by atoms with E-state index in [1.807, 2.05) is 0 Å². The Morgan fingerprint density at radius 1 is 1.03 bits per heavy atom.